The SMILES string of the molecule is CCCn1ncc(Br)c1C(O)CCOCC. The predicted octanol–water partition coefficient (Wildman–Crippen LogP) is 2.52. The number of hydrogen-bond acceptors (Lipinski definition) is 3. The van der Waals surface area contributed by atoms with Crippen LogP contribution in [0.4, 0.5) is 0 Å². The van der Waals surface area contributed by atoms with Crippen molar-refractivity contribution in [1.82, 2.24) is 9.78 Å². The van der Waals surface area contributed by atoms with Gasteiger partial charge in [-0.15, -0.1) is 0 Å². The number of aromatic nitrogens is 2. The van der Waals surface area contributed by atoms with Crippen molar-refractivity contribution in [2.24, 2.45) is 0 Å². The summed E-state index contributed by atoms with van der Waals surface area (Å²) >= 11 is 3.41. The molecule has 0 amide bonds. The van der Waals surface area contributed by atoms with Crippen LogP contribution in [0.3, 0.4) is 0 Å². The first-order chi connectivity index (χ1) is 7.70. The summed E-state index contributed by atoms with van der Waals surface area (Å²) in [6, 6.07) is 0. The topological polar surface area (TPSA) is 47.3 Å². The maximum atomic E-state index is 10.1. The van der Waals surface area contributed by atoms with E-state index >= 15 is 0 Å². The summed E-state index contributed by atoms with van der Waals surface area (Å²) in [5.41, 5.74) is 0.849. The molecule has 0 aromatic carbocycles. The molecule has 0 aliphatic heterocycles. The van der Waals surface area contributed by atoms with E-state index in [1.807, 2.05) is 11.6 Å². The molecule has 1 heterocycles. The lowest BCUT2D eigenvalue weighted by molar-refractivity contribution is 0.0837. The van der Waals surface area contributed by atoms with Gasteiger partial charge in [0.2, 0.25) is 0 Å². The normalized spacial score (nSPS) is 13.0. The van der Waals surface area contributed by atoms with Crippen LogP contribution in [0, 0.1) is 0 Å². The Morgan fingerprint density at radius 2 is 2.31 bits per heavy atom. The molecule has 1 N–H and O–H groups in total. The first kappa shape index (κ1) is 13.7. The molecule has 0 saturated heterocycles. The summed E-state index contributed by atoms with van der Waals surface area (Å²) in [6.07, 6.45) is 2.81. The van der Waals surface area contributed by atoms with Gasteiger partial charge in [0.15, 0.2) is 0 Å². The minimum atomic E-state index is -0.519. The van der Waals surface area contributed by atoms with Gasteiger partial charge in [-0.05, 0) is 29.3 Å². The third kappa shape index (κ3) is 3.57. The quantitative estimate of drug-likeness (QED) is 0.785. The number of hydrogen-bond donors (Lipinski definition) is 1. The second-order valence-corrected chi connectivity index (χ2v) is 4.46. The first-order valence-electron chi connectivity index (χ1n) is 5.67. The molecule has 0 bridgehead atoms. The molecule has 0 radical (unpaired) electrons. The number of aryl methyl sites for hydroxylation is 1. The van der Waals surface area contributed by atoms with E-state index in [-0.39, 0.29) is 0 Å². The molecular weight excluding hydrogens is 272 g/mol. The maximum Gasteiger partial charge on any atom is 0.0990 e. The standard InChI is InChI=1S/C11H19BrN2O2/c1-3-6-14-11(9(12)8-13-14)10(15)5-7-16-4-2/h8,10,15H,3-7H2,1-2H3. The summed E-state index contributed by atoms with van der Waals surface area (Å²) in [7, 11) is 0. The number of aliphatic hydroxyl groups is 1. The number of nitrogens with zero attached hydrogens (tertiary/aromatic N) is 2. The first-order valence-corrected chi connectivity index (χ1v) is 6.47. The number of aliphatic hydroxyl groups excluding tert-OH is 1. The summed E-state index contributed by atoms with van der Waals surface area (Å²) in [5.74, 6) is 0. The Kier molecular flexibility index (Phi) is 6.01. The highest BCUT2D eigenvalue weighted by Crippen LogP contribution is 2.25. The molecule has 4 nitrogen and oxygen atoms in total. The summed E-state index contributed by atoms with van der Waals surface area (Å²) in [6.45, 7) is 6.12. The molecule has 1 aromatic heterocycles. The third-order valence-electron chi connectivity index (χ3n) is 2.32. The van der Waals surface area contributed by atoms with Crippen molar-refractivity contribution in [3.8, 4) is 0 Å². The van der Waals surface area contributed by atoms with Crippen LogP contribution in [0.2, 0.25) is 0 Å². The minimum absolute atomic E-state index is 0.519. The minimum Gasteiger partial charge on any atom is -0.387 e. The van der Waals surface area contributed by atoms with Gasteiger partial charge in [-0.2, -0.15) is 5.10 Å². The fourth-order valence-electron chi connectivity index (χ4n) is 1.57. The summed E-state index contributed by atoms with van der Waals surface area (Å²) in [5, 5.41) is 14.3. The largest absolute Gasteiger partial charge is 0.387 e. The molecule has 0 saturated carbocycles. The fraction of sp³-hybridized carbons (Fsp3) is 0.727. The molecular formula is C11H19BrN2O2. The molecule has 5 heteroatoms. The van der Waals surface area contributed by atoms with Crippen molar-refractivity contribution >= 4 is 15.9 Å². The van der Waals surface area contributed by atoms with Crippen LogP contribution in [-0.4, -0.2) is 28.1 Å². The monoisotopic (exact) mass is 290 g/mol. The smallest absolute Gasteiger partial charge is 0.0990 e. The van der Waals surface area contributed by atoms with Crippen LogP contribution < -0.4 is 0 Å². The van der Waals surface area contributed by atoms with Crippen LogP contribution in [0.5, 0.6) is 0 Å². The molecule has 92 valence electrons. The van der Waals surface area contributed by atoms with E-state index in [9.17, 15) is 5.11 Å². The molecule has 1 rings (SSSR count). The molecule has 0 fully saturated rings. The second-order valence-electron chi connectivity index (χ2n) is 3.60. The van der Waals surface area contributed by atoms with Crippen molar-refractivity contribution in [2.45, 2.75) is 39.3 Å². The van der Waals surface area contributed by atoms with E-state index in [1.165, 1.54) is 0 Å². The Morgan fingerprint density at radius 3 is 2.94 bits per heavy atom. The Labute approximate surface area is 105 Å². The van der Waals surface area contributed by atoms with E-state index in [2.05, 4.69) is 28.0 Å². The van der Waals surface area contributed by atoms with E-state index in [4.69, 9.17) is 4.74 Å². The Morgan fingerprint density at radius 1 is 1.56 bits per heavy atom. The average molecular weight is 291 g/mol. The number of halogens is 1. The van der Waals surface area contributed by atoms with E-state index in [0.29, 0.717) is 19.6 Å². The molecule has 0 spiro atoms. The molecule has 1 aromatic rings. The highest BCUT2D eigenvalue weighted by atomic mass is 79.9. The zero-order valence-electron chi connectivity index (χ0n) is 9.82. The number of rotatable bonds is 7. The Balaban J connectivity index is 2.65. The lowest BCUT2D eigenvalue weighted by Crippen LogP contribution is -2.11. The predicted molar refractivity (Wildman–Crippen MR) is 66.3 cm³/mol. The van der Waals surface area contributed by atoms with Crippen molar-refractivity contribution in [1.29, 1.82) is 0 Å². The Hall–Kier alpha value is -0.390. The van der Waals surface area contributed by atoms with E-state index < -0.39 is 6.10 Å². The highest BCUT2D eigenvalue weighted by molar-refractivity contribution is 9.10. The van der Waals surface area contributed by atoms with Gasteiger partial charge in [0, 0.05) is 26.2 Å². The van der Waals surface area contributed by atoms with Gasteiger partial charge >= 0.3 is 0 Å². The van der Waals surface area contributed by atoms with Crippen LogP contribution in [0.1, 0.15) is 38.5 Å². The molecule has 0 aliphatic carbocycles. The van der Waals surface area contributed by atoms with Crippen LogP contribution in [-0.2, 0) is 11.3 Å². The summed E-state index contributed by atoms with van der Waals surface area (Å²) < 4.78 is 7.95. The average Bonchev–Trinajstić information content (AvgIpc) is 2.61. The second kappa shape index (κ2) is 7.04. The van der Waals surface area contributed by atoms with Gasteiger partial charge in [-0.3, -0.25) is 4.68 Å². The third-order valence-corrected chi connectivity index (χ3v) is 2.94. The van der Waals surface area contributed by atoms with Gasteiger partial charge < -0.3 is 9.84 Å². The van der Waals surface area contributed by atoms with Crippen molar-refractivity contribution in [3.05, 3.63) is 16.4 Å². The van der Waals surface area contributed by atoms with Crippen LogP contribution in [0.15, 0.2) is 10.7 Å². The lowest BCUT2D eigenvalue weighted by atomic mass is 10.2. The van der Waals surface area contributed by atoms with Gasteiger partial charge in [0.25, 0.3) is 0 Å². The summed E-state index contributed by atoms with van der Waals surface area (Å²) in [4.78, 5) is 0. The van der Waals surface area contributed by atoms with Crippen molar-refractivity contribution < 1.29 is 9.84 Å². The maximum absolute atomic E-state index is 10.1. The molecule has 0 aliphatic rings. The zero-order valence-corrected chi connectivity index (χ0v) is 11.4. The number of ether oxygens (including phenoxy) is 1. The molecule has 1 unspecified atom stereocenters. The van der Waals surface area contributed by atoms with Gasteiger partial charge in [0.1, 0.15) is 0 Å². The molecule has 16 heavy (non-hydrogen) atoms. The van der Waals surface area contributed by atoms with Gasteiger partial charge in [0.05, 0.1) is 22.5 Å². The Bertz CT molecular complexity index is 315. The van der Waals surface area contributed by atoms with Crippen molar-refractivity contribution in [2.75, 3.05) is 13.2 Å². The van der Waals surface area contributed by atoms with E-state index in [1.54, 1.807) is 6.20 Å². The van der Waals surface area contributed by atoms with Crippen LogP contribution in [0.25, 0.3) is 0 Å². The van der Waals surface area contributed by atoms with Crippen molar-refractivity contribution in [3.63, 3.8) is 0 Å². The molecule has 1 atom stereocenters. The zero-order chi connectivity index (χ0) is 12.0. The van der Waals surface area contributed by atoms with Gasteiger partial charge in [-0.1, -0.05) is 6.92 Å². The van der Waals surface area contributed by atoms with E-state index in [0.717, 1.165) is 23.1 Å². The lowest BCUT2D eigenvalue weighted by Gasteiger charge is -2.13. The fourth-order valence-corrected chi connectivity index (χ4v) is 2.13. The van der Waals surface area contributed by atoms with Crippen LogP contribution >= 0.6 is 15.9 Å². The highest BCUT2D eigenvalue weighted by Gasteiger charge is 2.17. The van der Waals surface area contributed by atoms with Gasteiger partial charge in [-0.25, -0.2) is 0 Å².